The minimum absolute atomic E-state index is 0.0841. The molecule has 0 unspecified atom stereocenters. The number of hydrogen-bond acceptors (Lipinski definition) is 3. The van der Waals surface area contributed by atoms with Crippen LogP contribution in [0.15, 0.2) is 36.4 Å². The number of carbonyl (C=O) groups is 1. The molecule has 0 bridgehead atoms. The molecule has 2 rings (SSSR count). The van der Waals surface area contributed by atoms with Crippen LogP contribution in [0.5, 0.6) is 11.6 Å². The minimum atomic E-state index is -1.18. The van der Waals surface area contributed by atoms with Crippen molar-refractivity contribution in [1.82, 2.24) is 4.98 Å². The molecule has 104 valence electrons. The van der Waals surface area contributed by atoms with E-state index in [1.165, 1.54) is 12.1 Å². The van der Waals surface area contributed by atoms with Gasteiger partial charge in [-0.25, -0.2) is 9.78 Å². The predicted octanol–water partition coefficient (Wildman–Crippen LogP) is 4.35. The number of halogens is 1. The van der Waals surface area contributed by atoms with E-state index in [0.29, 0.717) is 11.7 Å². The van der Waals surface area contributed by atoms with Crippen molar-refractivity contribution in [2.45, 2.75) is 19.8 Å². The topological polar surface area (TPSA) is 59.4 Å². The van der Waals surface area contributed by atoms with Crippen LogP contribution in [0, 0.1) is 0 Å². The summed E-state index contributed by atoms with van der Waals surface area (Å²) in [5, 5.41) is 9.05. The first-order chi connectivity index (χ1) is 9.47. The molecule has 1 heterocycles. The van der Waals surface area contributed by atoms with Crippen molar-refractivity contribution < 1.29 is 14.6 Å². The van der Waals surface area contributed by atoms with Crippen molar-refractivity contribution in [3.63, 3.8) is 0 Å². The highest BCUT2D eigenvalue weighted by Gasteiger charge is 2.12. The van der Waals surface area contributed by atoms with E-state index < -0.39 is 5.97 Å². The molecule has 0 atom stereocenters. The molecule has 2 aromatic rings. The second-order valence-corrected chi connectivity index (χ2v) is 5.02. The van der Waals surface area contributed by atoms with Gasteiger partial charge < -0.3 is 9.84 Å². The van der Waals surface area contributed by atoms with Crippen LogP contribution < -0.4 is 4.74 Å². The largest absolute Gasteiger partial charge is 0.476 e. The van der Waals surface area contributed by atoms with Crippen molar-refractivity contribution in [2.75, 3.05) is 0 Å². The van der Waals surface area contributed by atoms with Crippen molar-refractivity contribution in [1.29, 1.82) is 0 Å². The first kappa shape index (κ1) is 14.3. The Morgan fingerprint density at radius 1 is 1.30 bits per heavy atom. The zero-order chi connectivity index (χ0) is 14.7. The summed E-state index contributed by atoms with van der Waals surface area (Å²) in [5.41, 5.74) is 0.916. The van der Waals surface area contributed by atoms with Gasteiger partial charge in [0.1, 0.15) is 5.75 Å². The van der Waals surface area contributed by atoms with E-state index in [-0.39, 0.29) is 16.6 Å². The van der Waals surface area contributed by atoms with E-state index in [2.05, 4.69) is 18.8 Å². The highest BCUT2D eigenvalue weighted by molar-refractivity contribution is 6.33. The Labute approximate surface area is 122 Å². The van der Waals surface area contributed by atoms with Crippen molar-refractivity contribution in [3.05, 3.63) is 52.7 Å². The Balaban J connectivity index is 2.28. The first-order valence-corrected chi connectivity index (χ1v) is 6.53. The third-order valence-corrected chi connectivity index (χ3v) is 3.08. The van der Waals surface area contributed by atoms with Crippen LogP contribution in [0.1, 0.15) is 35.8 Å². The van der Waals surface area contributed by atoms with E-state index >= 15 is 0 Å². The third kappa shape index (κ3) is 3.27. The Morgan fingerprint density at radius 3 is 2.70 bits per heavy atom. The van der Waals surface area contributed by atoms with Crippen molar-refractivity contribution in [3.8, 4) is 11.6 Å². The van der Waals surface area contributed by atoms with Crippen LogP contribution in [-0.2, 0) is 0 Å². The molecule has 0 saturated carbocycles. The molecule has 0 amide bonds. The molecule has 1 aromatic carbocycles. The number of ether oxygens (including phenoxy) is 1. The number of carboxylic acid groups (broad SMARTS) is 1. The van der Waals surface area contributed by atoms with Crippen LogP contribution in [-0.4, -0.2) is 16.1 Å². The molecule has 20 heavy (non-hydrogen) atoms. The Bertz CT molecular complexity index is 641. The lowest BCUT2D eigenvalue weighted by Gasteiger charge is -2.09. The number of rotatable bonds is 4. The maximum Gasteiger partial charge on any atom is 0.356 e. The van der Waals surface area contributed by atoms with Gasteiger partial charge >= 0.3 is 5.97 Å². The van der Waals surface area contributed by atoms with Gasteiger partial charge in [-0.1, -0.05) is 37.6 Å². The maximum atomic E-state index is 11.0. The Kier molecular flexibility index (Phi) is 4.25. The Morgan fingerprint density at radius 2 is 2.05 bits per heavy atom. The van der Waals surface area contributed by atoms with Crippen LogP contribution in [0.4, 0.5) is 0 Å². The first-order valence-electron chi connectivity index (χ1n) is 6.15. The second-order valence-electron chi connectivity index (χ2n) is 4.61. The molecule has 1 aromatic heterocycles. The van der Waals surface area contributed by atoms with Gasteiger partial charge in [0.15, 0.2) is 5.69 Å². The molecule has 0 spiro atoms. The molecule has 1 N–H and O–H groups in total. The number of aromatic carboxylic acids is 1. The average Bonchev–Trinajstić information content (AvgIpc) is 2.41. The molecule has 0 aliphatic carbocycles. The summed E-state index contributed by atoms with van der Waals surface area (Å²) in [6.07, 6.45) is 0. The number of pyridine rings is 1. The summed E-state index contributed by atoms with van der Waals surface area (Å²) in [6, 6.07) is 10.6. The van der Waals surface area contributed by atoms with Gasteiger partial charge in [0, 0.05) is 6.07 Å². The molecular weight excluding hydrogens is 278 g/mol. The maximum absolute atomic E-state index is 11.0. The summed E-state index contributed by atoms with van der Waals surface area (Å²) in [7, 11) is 0. The molecular formula is C15H14ClNO3. The lowest BCUT2D eigenvalue weighted by Crippen LogP contribution is -2.02. The number of nitrogens with zero attached hydrogens (tertiary/aromatic N) is 1. The van der Waals surface area contributed by atoms with Crippen LogP contribution in [0.3, 0.4) is 0 Å². The fraction of sp³-hybridized carbons (Fsp3) is 0.200. The van der Waals surface area contributed by atoms with Crippen molar-refractivity contribution >= 4 is 17.6 Å². The van der Waals surface area contributed by atoms with E-state index in [4.69, 9.17) is 21.4 Å². The smallest absolute Gasteiger partial charge is 0.356 e. The molecule has 4 nitrogen and oxygen atoms in total. The summed E-state index contributed by atoms with van der Waals surface area (Å²) < 4.78 is 5.58. The zero-order valence-corrected chi connectivity index (χ0v) is 11.9. The number of carboxylic acids is 1. The fourth-order valence-corrected chi connectivity index (χ4v) is 1.88. The van der Waals surface area contributed by atoms with Gasteiger partial charge in [0.25, 0.3) is 0 Å². The van der Waals surface area contributed by atoms with Crippen LogP contribution >= 0.6 is 11.6 Å². The van der Waals surface area contributed by atoms with E-state index in [1.807, 2.05) is 18.2 Å². The lowest BCUT2D eigenvalue weighted by molar-refractivity contribution is 0.0690. The third-order valence-electron chi connectivity index (χ3n) is 2.77. The van der Waals surface area contributed by atoms with E-state index in [1.54, 1.807) is 6.07 Å². The fourth-order valence-electron chi connectivity index (χ4n) is 1.69. The SMILES string of the molecule is CC(C)c1cccc(Oc2ccc(Cl)c(C(=O)O)n2)c1. The number of aromatic nitrogens is 1. The lowest BCUT2D eigenvalue weighted by atomic mass is 10.0. The predicted molar refractivity (Wildman–Crippen MR) is 76.8 cm³/mol. The molecule has 0 saturated heterocycles. The van der Waals surface area contributed by atoms with Crippen LogP contribution in [0.2, 0.25) is 5.02 Å². The van der Waals surface area contributed by atoms with Gasteiger partial charge in [-0.05, 0) is 29.7 Å². The molecule has 5 heteroatoms. The quantitative estimate of drug-likeness (QED) is 0.910. The van der Waals surface area contributed by atoms with Gasteiger partial charge in [-0.2, -0.15) is 0 Å². The van der Waals surface area contributed by atoms with E-state index in [9.17, 15) is 4.79 Å². The summed E-state index contributed by atoms with van der Waals surface area (Å²) in [4.78, 5) is 14.9. The van der Waals surface area contributed by atoms with E-state index in [0.717, 1.165) is 5.56 Å². The summed E-state index contributed by atoms with van der Waals surface area (Å²) >= 11 is 5.76. The number of benzene rings is 1. The molecule has 0 fully saturated rings. The van der Waals surface area contributed by atoms with Gasteiger partial charge in [0.2, 0.25) is 5.88 Å². The molecule has 0 aliphatic heterocycles. The summed E-state index contributed by atoms with van der Waals surface area (Å²) in [6.45, 7) is 4.17. The average molecular weight is 292 g/mol. The Hall–Kier alpha value is -2.07. The molecule has 0 aliphatic rings. The highest BCUT2D eigenvalue weighted by atomic mass is 35.5. The standard InChI is InChI=1S/C15H14ClNO3/c1-9(2)10-4-3-5-11(8-10)20-13-7-6-12(16)14(17-13)15(18)19/h3-9H,1-2H3,(H,18,19). The van der Waals surface area contributed by atoms with Crippen LogP contribution in [0.25, 0.3) is 0 Å². The van der Waals surface area contributed by atoms with Gasteiger partial charge in [-0.3, -0.25) is 0 Å². The molecule has 0 radical (unpaired) electrons. The number of hydrogen-bond donors (Lipinski definition) is 1. The monoisotopic (exact) mass is 291 g/mol. The highest BCUT2D eigenvalue weighted by Crippen LogP contribution is 2.26. The zero-order valence-electron chi connectivity index (χ0n) is 11.1. The normalized spacial score (nSPS) is 10.6. The summed E-state index contributed by atoms with van der Waals surface area (Å²) in [5.74, 6) is 0.0118. The minimum Gasteiger partial charge on any atom is -0.476 e. The van der Waals surface area contributed by atoms with Gasteiger partial charge in [0.05, 0.1) is 5.02 Å². The van der Waals surface area contributed by atoms with Gasteiger partial charge in [-0.15, -0.1) is 0 Å². The second kappa shape index (κ2) is 5.92. The van der Waals surface area contributed by atoms with Crippen molar-refractivity contribution in [2.24, 2.45) is 0 Å².